The molecule has 0 aromatic heterocycles. The molecular weight excluding hydrogens is 206 g/mol. The largest absolute Gasteiger partial charge is 0.465 e. The molecule has 4 heteroatoms. The zero-order chi connectivity index (χ0) is 11.8. The minimum Gasteiger partial charge on any atom is -0.465 e. The minimum absolute atomic E-state index is 0.206. The van der Waals surface area contributed by atoms with E-state index in [0.29, 0.717) is 19.3 Å². The van der Waals surface area contributed by atoms with Gasteiger partial charge in [-0.2, -0.15) is 0 Å². The number of carbonyl (C=O) groups excluding carboxylic acids is 1. The number of rotatable bonds is 7. The Balaban J connectivity index is 2.28. The first-order chi connectivity index (χ1) is 7.77. The van der Waals surface area contributed by atoms with E-state index < -0.39 is 0 Å². The highest BCUT2D eigenvalue weighted by Gasteiger charge is 2.22. The fraction of sp³-hybridized carbons (Fsp3) is 0.917. The first-order valence-corrected chi connectivity index (χ1v) is 6.29. The Hall–Kier alpha value is -0.610. The van der Waals surface area contributed by atoms with Gasteiger partial charge in [-0.1, -0.05) is 19.8 Å². The van der Waals surface area contributed by atoms with Gasteiger partial charge < -0.3 is 14.8 Å². The first-order valence-electron chi connectivity index (χ1n) is 6.29. The van der Waals surface area contributed by atoms with E-state index in [1.54, 1.807) is 0 Å². The number of likely N-dealkylation sites (N-methyl/N-ethyl adjacent to an activating group) is 1. The summed E-state index contributed by atoms with van der Waals surface area (Å²) in [6, 6.07) is -0.314. The molecule has 1 fully saturated rings. The zero-order valence-corrected chi connectivity index (χ0v) is 10.3. The molecule has 1 aliphatic carbocycles. The summed E-state index contributed by atoms with van der Waals surface area (Å²) < 4.78 is 10.7. The predicted octanol–water partition coefficient (Wildman–Crippen LogP) is 1.49. The quantitative estimate of drug-likeness (QED) is 0.672. The van der Waals surface area contributed by atoms with Crippen LogP contribution >= 0.6 is 0 Å². The van der Waals surface area contributed by atoms with Crippen molar-refractivity contribution in [1.29, 1.82) is 0 Å². The summed E-state index contributed by atoms with van der Waals surface area (Å²) in [4.78, 5) is 11.6. The van der Waals surface area contributed by atoms with E-state index in [-0.39, 0.29) is 12.0 Å². The van der Waals surface area contributed by atoms with Crippen molar-refractivity contribution < 1.29 is 14.3 Å². The van der Waals surface area contributed by atoms with Crippen LogP contribution in [0, 0.1) is 0 Å². The molecule has 0 aromatic carbocycles. The second kappa shape index (κ2) is 7.63. The minimum atomic E-state index is -0.314. The van der Waals surface area contributed by atoms with Gasteiger partial charge in [0.25, 0.3) is 0 Å². The Labute approximate surface area is 97.7 Å². The van der Waals surface area contributed by atoms with Gasteiger partial charge >= 0.3 is 5.97 Å². The summed E-state index contributed by atoms with van der Waals surface area (Å²) in [5.74, 6) is -0.206. The first kappa shape index (κ1) is 13.5. The molecule has 1 saturated carbocycles. The maximum Gasteiger partial charge on any atom is 0.325 e. The lowest BCUT2D eigenvalue weighted by Gasteiger charge is -2.19. The lowest BCUT2D eigenvalue weighted by atomic mass is 10.3. The average Bonchev–Trinajstić information content (AvgIpc) is 2.77. The van der Waals surface area contributed by atoms with Gasteiger partial charge in [0.1, 0.15) is 6.04 Å². The number of nitrogens with one attached hydrogen (secondary N) is 1. The molecule has 0 aliphatic heterocycles. The molecule has 1 aliphatic rings. The van der Waals surface area contributed by atoms with Crippen molar-refractivity contribution in [1.82, 2.24) is 5.32 Å². The number of esters is 1. The number of hydrogen-bond donors (Lipinski definition) is 1. The Morgan fingerprint density at radius 3 is 2.62 bits per heavy atom. The Morgan fingerprint density at radius 1 is 1.38 bits per heavy atom. The van der Waals surface area contributed by atoms with Crippen LogP contribution in [0.3, 0.4) is 0 Å². The van der Waals surface area contributed by atoms with Gasteiger partial charge in [-0.05, 0) is 26.3 Å². The summed E-state index contributed by atoms with van der Waals surface area (Å²) in [6.07, 6.45) is 5.09. The molecule has 1 unspecified atom stereocenters. The number of ether oxygens (including phenoxy) is 2. The molecule has 0 saturated heterocycles. The molecule has 0 radical (unpaired) electrons. The third kappa shape index (κ3) is 4.49. The van der Waals surface area contributed by atoms with Gasteiger partial charge in [0.2, 0.25) is 0 Å². The van der Waals surface area contributed by atoms with E-state index >= 15 is 0 Å². The molecule has 0 heterocycles. The van der Waals surface area contributed by atoms with E-state index in [0.717, 1.165) is 19.4 Å². The van der Waals surface area contributed by atoms with Crippen molar-refractivity contribution in [3.63, 3.8) is 0 Å². The summed E-state index contributed by atoms with van der Waals surface area (Å²) in [5.41, 5.74) is 0. The Kier molecular flexibility index (Phi) is 6.42. The van der Waals surface area contributed by atoms with Crippen LogP contribution in [0.15, 0.2) is 0 Å². The molecule has 94 valence electrons. The van der Waals surface area contributed by atoms with Crippen molar-refractivity contribution in [3.8, 4) is 0 Å². The molecule has 1 atom stereocenters. The highest BCUT2D eigenvalue weighted by molar-refractivity contribution is 5.75. The molecule has 0 bridgehead atoms. The van der Waals surface area contributed by atoms with Gasteiger partial charge in [0.15, 0.2) is 0 Å². The van der Waals surface area contributed by atoms with Crippen LogP contribution in [0.2, 0.25) is 0 Å². The molecule has 1 rings (SSSR count). The molecule has 1 N–H and O–H groups in total. The van der Waals surface area contributed by atoms with Crippen molar-refractivity contribution in [2.24, 2.45) is 0 Å². The van der Waals surface area contributed by atoms with Crippen LogP contribution in [0.25, 0.3) is 0 Å². The van der Waals surface area contributed by atoms with Crippen LogP contribution < -0.4 is 5.32 Å². The topological polar surface area (TPSA) is 47.6 Å². The second-order valence-corrected chi connectivity index (χ2v) is 4.10. The fourth-order valence-electron chi connectivity index (χ4n) is 1.99. The van der Waals surface area contributed by atoms with E-state index in [4.69, 9.17) is 9.47 Å². The van der Waals surface area contributed by atoms with Gasteiger partial charge in [0, 0.05) is 0 Å². The molecule has 16 heavy (non-hydrogen) atoms. The Bertz CT molecular complexity index is 202. The third-order valence-corrected chi connectivity index (χ3v) is 2.82. The van der Waals surface area contributed by atoms with Gasteiger partial charge in [0.05, 0.1) is 19.3 Å². The van der Waals surface area contributed by atoms with E-state index in [9.17, 15) is 4.79 Å². The van der Waals surface area contributed by atoms with Gasteiger partial charge in [-0.3, -0.25) is 4.79 Å². The smallest absolute Gasteiger partial charge is 0.325 e. The van der Waals surface area contributed by atoms with Crippen LogP contribution in [-0.2, 0) is 14.3 Å². The predicted molar refractivity (Wildman–Crippen MR) is 62.3 cm³/mol. The van der Waals surface area contributed by atoms with E-state index in [1.165, 1.54) is 12.8 Å². The monoisotopic (exact) mass is 229 g/mol. The third-order valence-electron chi connectivity index (χ3n) is 2.82. The van der Waals surface area contributed by atoms with Crippen LogP contribution in [0.5, 0.6) is 0 Å². The molecule has 4 nitrogen and oxygen atoms in total. The van der Waals surface area contributed by atoms with Gasteiger partial charge in [-0.15, -0.1) is 0 Å². The molecular formula is C12H23NO3. The van der Waals surface area contributed by atoms with E-state index in [1.807, 2.05) is 13.8 Å². The average molecular weight is 229 g/mol. The summed E-state index contributed by atoms with van der Waals surface area (Å²) in [5, 5.41) is 3.09. The second-order valence-electron chi connectivity index (χ2n) is 4.10. The molecule has 0 spiro atoms. The lowest BCUT2D eigenvalue weighted by Crippen LogP contribution is -2.42. The Morgan fingerprint density at radius 2 is 2.06 bits per heavy atom. The van der Waals surface area contributed by atoms with Crippen molar-refractivity contribution in [2.45, 2.75) is 51.7 Å². The van der Waals surface area contributed by atoms with E-state index in [2.05, 4.69) is 5.32 Å². The van der Waals surface area contributed by atoms with Crippen LogP contribution in [0.4, 0.5) is 0 Å². The number of hydrogen-bond acceptors (Lipinski definition) is 4. The number of carbonyl (C=O) groups is 1. The molecule has 0 aromatic rings. The fourth-order valence-corrected chi connectivity index (χ4v) is 1.99. The SMILES string of the molecule is CCNC(COC1CCCC1)C(=O)OCC. The highest BCUT2D eigenvalue weighted by Crippen LogP contribution is 2.20. The normalized spacial score (nSPS) is 18.6. The zero-order valence-electron chi connectivity index (χ0n) is 10.3. The summed E-state index contributed by atoms with van der Waals surface area (Å²) in [6.45, 7) is 5.39. The maximum atomic E-state index is 11.6. The highest BCUT2D eigenvalue weighted by atomic mass is 16.5. The van der Waals surface area contributed by atoms with Gasteiger partial charge in [-0.25, -0.2) is 0 Å². The van der Waals surface area contributed by atoms with Crippen molar-refractivity contribution >= 4 is 5.97 Å². The summed E-state index contributed by atoms with van der Waals surface area (Å²) in [7, 11) is 0. The van der Waals surface area contributed by atoms with Crippen molar-refractivity contribution in [3.05, 3.63) is 0 Å². The standard InChI is InChI=1S/C12H23NO3/c1-3-13-11(12(14)15-4-2)9-16-10-7-5-6-8-10/h10-11,13H,3-9H2,1-2H3. The van der Waals surface area contributed by atoms with Crippen molar-refractivity contribution in [2.75, 3.05) is 19.8 Å². The summed E-state index contributed by atoms with van der Waals surface area (Å²) >= 11 is 0. The lowest BCUT2D eigenvalue weighted by molar-refractivity contribution is -0.147. The molecule has 0 amide bonds. The maximum absolute atomic E-state index is 11.6. The van der Waals surface area contributed by atoms with Crippen LogP contribution in [0.1, 0.15) is 39.5 Å². The van der Waals surface area contributed by atoms with Crippen LogP contribution in [-0.4, -0.2) is 37.9 Å².